The number of aliphatic carboxylic acids is 1. The van der Waals surface area contributed by atoms with Crippen molar-refractivity contribution in [3.8, 4) is 11.5 Å². The number of carboxylic acid groups (broad SMARTS) is 1. The minimum Gasteiger partial charge on any atom is -0.492 e. The standard InChI is InChI=1S/C12H16FNO6S/c1-19-9-6(7(5-14)12(15)16)4-8(13)11(10(9)20-2)21(3,17)18/h4,7H,5,14H2,1-3H3,(H,15,16). The van der Waals surface area contributed by atoms with Gasteiger partial charge in [-0.25, -0.2) is 12.8 Å². The van der Waals surface area contributed by atoms with Crippen LogP contribution < -0.4 is 15.2 Å². The van der Waals surface area contributed by atoms with Crippen molar-refractivity contribution in [1.29, 1.82) is 0 Å². The number of hydrogen-bond donors (Lipinski definition) is 2. The lowest BCUT2D eigenvalue weighted by Gasteiger charge is -2.19. The summed E-state index contributed by atoms with van der Waals surface area (Å²) in [4.78, 5) is 10.5. The molecule has 9 heteroatoms. The number of ether oxygens (including phenoxy) is 2. The van der Waals surface area contributed by atoms with Crippen molar-refractivity contribution in [3.63, 3.8) is 0 Å². The van der Waals surface area contributed by atoms with Crippen LogP contribution in [0.1, 0.15) is 11.5 Å². The smallest absolute Gasteiger partial charge is 0.312 e. The molecule has 0 aromatic heterocycles. The molecular formula is C12H16FNO6S. The topological polar surface area (TPSA) is 116 Å². The van der Waals surface area contributed by atoms with Gasteiger partial charge in [0.05, 0.1) is 20.1 Å². The fourth-order valence-corrected chi connectivity index (χ4v) is 2.90. The molecule has 0 aliphatic carbocycles. The van der Waals surface area contributed by atoms with Gasteiger partial charge in [-0.05, 0) is 6.07 Å². The van der Waals surface area contributed by atoms with Crippen molar-refractivity contribution < 1.29 is 32.2 Å². The Hall–Kier alpha value is -1.87. The van der Waals surface area contributed by atoms with Crippen molar-refractivity contribution in [1.82, 2.24) is 0 Å². The van der Waals surface area contributed by atoms with Gasteiger partial charge in [0.15, 0.2) is 21.3 Å². The Morgan fingerprint density at radius 2 is 1.90 bits per heavy atom. The third kappa shape index (κ3) is 3.24. The van der Waals surface area contributed by atoms with Gasteiger partial charge in [-0.2, -0.15) is 0 Å². The van der Waals surface area contributed by atoms with Crippen LogP contribution in [-0.4, -0.2) is 46.5 Å². The van der Waals surface area contributed by atoms with Crippen LogP contribution in [-0.2, 0) is 14.6 Å². The maximum absolute atomic E-state index is 14.1. The normalized spacial score (nSPS) is 12.8. The van der Waals surface area contributed by atoms with E-state index in [9.17, 15) is 17.6 Å². The minimum absolute atomic E-state index is 0.0887. The quantitative estimate of drug-likeness (QED) is 0.777. The number of carbonyl (C=O) groups is 1. The van der Waals surface area contributed by atoms with E-state index >= 15 is 0 Å². The van der Waals surface area contributed by atoms with Crippen LogP contribution in [0, 0.1) is 5.82 Å². The van der Waals surface area contributed by atoms with E-state index in [1.165, 1.54) is 7.11 Å². The van der Waals surface area contributed by atoms with E-state index in [-0.39, 0.29) is 23.6 Å². The maximum atomic E-state index is 14.1. The first-order valence-corrected chi connectivity index (χ1v) is 7.65. The van der Waals surface area contributed by atoms with Gasteiger partial charge < -0.3 is 20.3 Å². The molecule has 1 aromatic rings. The second kappa shape index (κ2) is 6.27. The number of nitrogens with two attached hydrogens (primary N) is 1. The van der Waals surface area contributed by atoms with E-state index < -0.39 is 32.4 Å². The molecule has 1 rings (SSSR count). The van der Waals surface area contributed by atoms with E-state index in [4.69, 9.17) is 20.3 Å². The third-order valence-corrected chi connectivity index (χ3v) is 3.98. The van der Waals surface area contributed by atoms with E-state index in [2.05, 4.69) is 0 Å². The molecule has 0 aliphatic rings. The van der Waals surface area contributed by atoms with Crippen molar-refractivity contribution in [2.75, 3.05) is 27.0 Å². The lowest BCUT2D eigenvalue weighted by atomic mass is 9.97. The van der Waals surface area contributed by atoms with E-state index in [1.54, 1.807) is 0 Å². The summed E-state index contributed by atoms with van der Waals surface area (Å²) >= 11 is 0. The summed E-state index contributed by atoms with van der Waals surface area (Å²) in [5, 5.41) is 9.11. The van der Waals surface area contributed by atoms with E-state index in [0.717, 1.165) is 19.4 Å². The highest BCUT2D eigenvalue weighted by Crippen LogP contribution is 2.42. The Balaban J connectivity index is 3.80. The van der Waals surface area contributed by atoms with Gasteiger partial charge in [-0.1, -0.05) is 0 Å². The molecule has 1 aromatic carbocycles. The predicted octanol–water partition coefficient (Wildman–Crippen LogP) is 0.373. The summed E-state index contributed by atoms with van der Waals surface area (Å²) in [5.41, 5.74) is 5.29. The largest absolute Gasteiger partial charge is 0.492 e. The van der Waals surface area contributed by atoms with Gasteiger partial charge in [0.25, 0.3) is 0 Å². The van der Waals surface area contributed by atoms with Crippen LogP contribution in [0.4, 0.5) is 4.39 Å². The van der Waals surface area contributed by atoms with Gasteiger partial charge in [0, 0.05) is 18.4 Å². The monoisotopic (exact) mass is 321 g/mol. The van der Waals surface area contributed by atoms with Crippen LogP contribution in [0.15, 0.2) is 11.0 Å². The number of benzene rings is 1. The second-order valence-electron chi connectivity index (χ2n) is 4.24. The first kappa shape index (κ1) is 17.2. The third-order valence-electron chi connectivity index (χ3n) is 2.86. The molecule has 0 aliphatic heterocycles. The molecule has 1 unspecified atom stereocenters. The molecule has 1 atom stereocenters. The van der Waals surface area contributed by atoms with Crippen LogP contribution in [0.5, 0.6) is 11.5 Å². The molecule has 7 nitrogen and oxygen atoms in total. The Labute approximate surface area is 121 Å². The molecule has 21 heavy (non-hydrogen) atoms. The lowest BCUT2D eigenvalue weighted by Crippen LogP contribution is -2.22. The zero-order valence-electron chi connectivity index (χ0n) is 11.7. The van der Waals surface area contributed by atoms with Crippen molar-refractivity contribution in [3.05, 3.63) is 17.4 Å². The van der Waals surface area contributed by atoms with Crippen LogP contribution in [0.3, 0.4) is 0 Å². The molecule has 0 heterocycles. The van der Waals surface area contributed by atoms with Crippen molar-refractivity contribution >= 4 is 15.8 Å². The van der Waals surface area contributed by atoms with Crippen molar-refractivity contribution in [2.45, 2.75) is 10.8 Å². The molecule has 0 spiro atoms. The summed E-state index contributed by atoms with van der Waals surface area (Å²) < 4.78 is 47.4. The molecule has 0 radical (unpaired) electrons. The van der Waals surface area contributed by atoms with E-state index in [1.807, 2.05) is 0 Å². The average Bonchev–Trinajstić information content (AvgIpc) is 2.36. The molecule has 0 saturated heterocycles. The lowest BCUT2D eigenvalue weighted by molar-refractivity contribution is -0.138. The zero-order chi connectivity index (χ0) is 16.4. The molecule has 118 valence electrons. The highest BCUT2D eigenvalue weighted by molar-refractivity contribution is 7.90. The number of sulfone groups is 1. The molecule has 0 fully saturated rings. The Kier molecular flexibility index (Phi) is 5.13. The first-order valence-electron chi connectivity index (χ1n) is 5.76. The highest BCUT2D eigenvalue weighted by Gasteiger charge is 2.31. The second-order valence-corrected chi connectivity index (χ2v) is 6.19. The van der Waals surface area contributed by atoms with Gasteiger partial charge in [-0.3, -0.25) is 4.79 Å². The Morgan fingerprint density at radius 3 is 2.24 bits per heavy atom. The van der Waals surface area contributed by atoms with Crippen LogP contribution in [0.2, 0.25) is 0 Å². The summed E-state index contributed by atoms with van der Waals surface area (Å²) in [7, 11) is -1.61. The fraction of sp³-hybridized carbons (Fsp3) is 0.417. The summed E-state index contributed by atoms with van der Waals surface area (Å²) in [6.07, 6.45) is 0.810. The fourth-order valence-electron chi connectivity index (χ4n) is 1.97. The van der Waals surface area contributed by atoms with Gasteiger partial charge >= 0.3 is 5.97 Å². The van der Waals surface area contributed by atoms with E-state index in [0.29, 0.717) is 0 Å². The predicted molar refractivity (Wildman–Crippen MR) is 72.0 cm³/mol. The summed E-state index contributed by atoms with van der Waals surface area (Å²) in [6.45, 7) is -0.313. The highest BCUT2D eigenvalue weighted by atomic mass is 32.2. The Bertz CT molecular complexity index is 658. The summed E-state index contributed by atoms with van der Waals surface area (Å²) in [5.74, 6) is -4.21. The van der Waals surface area contributed by atoms with Gasteiger partial charge in [-0.15, -0.1) is 0 Å². The molecule has 0 saturated carbocycles. The molecule has 0 bridgehead atoms. The molecule has 0 amide bonds. The number of rotatable bonds is 6. The molecule has 3 N–H and O–H groups in total. The number of hydrogen-bond acceptors (Lipinski definition) is 6. The number of methoxy groups -OCH3 is 2. The van der Waals surface area contributed by atoms with Crippen LogP contribution in [0.25, 0.3) is 0 Å². The summed E-state index contributed by atoms with van der Waals surface area (Å²) in [6, 6.07) is 0.795. The zero-order valence-corrected chi connectivity index (χ0v) is 12.5. The first-order chi connectivity index (χ1) is 9.68. The van der Waals surface area contributed by atoms with Gasteiger partial charge in [0.2, 0.25) is 0 Å². The SMILES string of the molecule is COc1c(C(CN)C(=O)O)cc(F)c(S(C)(=O)=O)c1OC. The minimum atomic E-state index is -3.94. The number of carboxylic acids is 1. The van der Waals surface area contributed by atoms with Gasteiger partial charge in [0.1, 0.15) is 10.7 Å². The number of halogens is 1. The Morgan fingerprint density at radius 1 is 1.38 bits per heavy atom. The van der Waals surface area contributed by atoms with Crippen molar-refractivity contribution in [2.24, 2.45) is 5.73 Å². The maximum Gasteiger partial charge on any atom is 0.312 e. The van der Waals surface area contributed by atoms with Crippen LogP contribution >= 0.6 is 0 Å². The average molecular weight is 321 g/mol. The molecular weight excluding hydrogens is 305 g/mol.